The molecule has 4 aromatic rings. The van der Waals surface area contributed by atoms with Crippen molar-refractivity contribution in [3.8, 4) is 11.3 Å². The molecule has 0 saturated heterocycles. The van der Waals surface area contributed by atoms with E-state index in [2.05, 4.69) is 29.9 Å². The predicted octanol–water partition coefficient (Wildman–Crippen LogP) is 4.47. The molecule has 4 rings (SSSR count). The summed E-state index contributed by atoms with van der Waals surface area (Å²) in [5, 5.41) is 1.88. The third-order valence-corrected chi connectivity index (χ3v) is 5.80. The number of aromatic nitrogens is 3. The summed E-state index contributed by atoms with van der Waals surface area (Å²) >= 11 is 1.48. The van der Waals surface area contributed by atoms with E-state index in [1.807, 2.05) is 65.6 Å². The molecular weight excluding hydrogens is 368 g/mol. The molecule has 0 aliphatic heterocycles. The molecule has 0 radical (unpaired) electrons. The Hall–Kier alpha value is -2.99. The number of aryl methyl sites for hydroxylation is 1. The van der Waals surface area contributed by atoms with Gasteiger partial charge in [-0.3, -0.25) is 14.2 Å². The Morgan fingerprint density at radius 3 is 2.79 bits per heavy atom. The number of thiazole rings is 1. The van der Waals surface area contributed by atoms with Crippen molar-refractivity contribution in [2.24, 2.45) is 0 Å². The minimum absolute atomic E-state index is 0.0107. The van der Waals surface area contributed by atoms with Gasteiger partial charge < -0.3 is 4.90 Å². The summed E-state index contributed by atoms with van der Waals surface area (Å²) in [6.07, 6.45) is 4.48. The van der Waals surface area contributed by atoms with Crippen LogP contribution in [-0.4, -0.2) is 38.3 Å². The summed E-state index contributed by atoms with van der Waals surface area (Å²) < 4.78 is 1.89. The van der Waals surface area contributed by atoms with Gasteiger partial charge in [-0.05, 0) is 31.5 Å². The quantitative estimate of drug-likeness (QED) is 0.505. The van der Waals surface area contributed by atoms with Gasteiger partial charge in [0, 0.05) is 48.5 Å². The van der Waals surface area contributed by atoms with Crippen molar-refractivity contribution < 1.29 is 4.79 Å². The largest absolute Gasteiger partial charge is 0.337 e. The topological polar surface area (TPSA) is 50.5 Å². The number of hydrogen-bond acceptors (Lipinski definition) is 4. The van der Waals surface area contributed by atoms with Gasteiger partial charge in [0.15, 0.2) is 4.96 Å². The average molecular weight is 391 g/mol. The maximum absolute atomic E-state index is 13.1. The highest BCUT2D eigenvalue weighted by Gasteiger charge is 2.22. The van der Waals surface area contributed by atoms with Crippen LogP contribution in [0.5, 0.6) is 0 Å². The lowest BCUT2D eigenvalue weighted by Crippen LogP contribution is -2.37. The van der Waals surface area contributed by atoms with Gasteiger partial charge in [0.1, 0.15) is 5.69 Å². The maximum atomic E-state index is 13.1. The summed E-state index contributed by atoms with van der Waals surface area (Å²) in [6, 6.07) is 14.1. The number of benzene rings is 1. The van der Waals surface area contributed by atoms with E-state index >= 15 is 0 Å². The van der Waals surface area contributed by atoms with E-state index in [9.17, 15) is 4.79 Å². The van der Waals surface area contributed by atoms with E-state index < -0.39 is 0 Å². The van der Waals surface area contributed by atoms with Crippen LogP contribution in [0, 0.1) is 6.92 Å². The van der Waals surface area contributed by atoms with E-state index in [1.54, 1.807) is 4.90 Å². The molecule has 0 saturated carbocycles. The first kappa shape index (κ1) is 18.4. The first-order valence-corrected chi connectivity index (χ1v) is 10.1. The molecule has 142 valence electrons. The highest BCUT2D eigenvalue weighted by atomic mass is 32.1. The van der Waals surface area contributed by atoms with Crippen molar-refractivity contribution in [3.63, 3.8) is 0 Å². The molecule has 0 aliphatic carbocycles. The normalized spacial score (nSPS) is 12.2. The van der Waals surface area contributed by atoms with Crippen molar-refractivity contribution in [2.75, 3.05) is 7.05 Å². The molecule has 1 amide bonds. The number of carbonyl (C=O) groups is 1. The lowest BCUT2D eigenvalue weighted by molar-refractivity contribution is 0.0736. The molecule has 1 atom stereocenters. The number of imidazole rings is 1. The molecule has 3 heterocycles. The van der Waals surface area contributed by atoms with Crippen molar-refractivity contribution in [2.45, 2.75) is 26.3 Å². The molecule has 0 spiro atoms. The van der Waals surface area contributed by atoms with Gasteiger partial charge in [-0.2, -0.15) is 0 Å². The van der Waals surface area contributed by atoms with Gasteiger partial charge >= 0.3 is 0 Å². The smallest absolute Gasteiger partial charge is 0.271 e. The molecular formula is C22H22N4OS. The van der Waals surface area contributed by atoms with Gasteiger partial charge in [-0.1, -0.05) is 30.3 Å². The Labute approximate surface area is 168 Å². The molecule has 0 N–H and O–H groups in total. The van der Waals surface area contributed by atoms with E-state index in [0.717, 1.165) is 28.3 Å². The molecule has 0 aliphatic rings. The number of hydrogen-bond donors (Lipinski definition) is 0. The second kappa shape index (κ2) is 7.56. The summed E-state index contributed by atoms with van der Waals surface area (Å²) in [5.41, 5.74) is 4.74. The second-order valence-electron chi connectivity index (χ2n) is 7.06. The molecule has 0 bridgehead atoms. The van der Waals surface area contributed by atoms with Gasteiger partial charge in [-0.25, -0.2) is 4.98 Å². The van der Waals surface area contributed by atoms with Crippen LogP contribution >= 0.6 is 11.3 Å². The van der Waals surface area contributed by atoms with Crippen molar-refractivity contribution in [3.05, 3.63) is 77.2 Å². The number of likely N-dealkylation sites (N-methyl/N-ethyl adjacent to an activating group) is 1. The van der Waals surface area contributed by atoms with E-state index in [0.29, 0.717) is 5.69 Å². The van der Waals surface area contributed by atoms with Crippen molar-refractivity contribution in [1.29, 1.82) is 0 Å². The summed E-state index contributed by atoms with van der Waals surface area (Å²) in [7, 11) is 1.85. The third kappa shape index (κ3) is 3.55. The van der Waals surface area contributed by atoms with Crippen LogP contribution in [0.25, 0.3) is 16.2 Å². The third-order valence-electron chi connectivity index (χ3n) is 4.96. The number of nitrogens with zero attached hydrogens (tertiary/aromatic N) is 4. The van der Waals surface area contributed by atoms with Crippen molar-refractivity contribution in [1.82, 2.24) is 19.3 Å². The van der Waals surface area contributed by atoms with Crippen LogP contribution in [0.2, 0.25) is 0 Å². The Morgan fingerprint density at radius 2 is 2.04 bits per heavy atom. The van der Waals surface area contributed by atoms with E-state index in [4.69, 9.17) is 0 Å². The van der Waals surface area contributed by atoms with Crippen LogP contribution in [0.4, 0.5) is 0 Å². The molecule has 1 aromatic carbocycles. The number of pyridine rings is 1. The van der Waals surface area contributed by atoms with Crippen LogP contribution in [0.3, 0.4) is 0 Å². The van der Waals surface area contributed by atoms with Crippen LogP contribution in [0.1, 0.15) is 28.7 Å². The van der Waals surface area contributed by atoms with Gasteiger partial charge in [0.05, 0.1) is 5.69 Å². The van der Waals surface area contributed by atoms with Crippen molar-refractivity contribution >= 4 is 22.2 Å². The average Bonchev–Trinajstić information content (AvgIpc) is 3.28. The maximum Gasteiger partial charge on any atom is 0.271 e. The SMILES string of the molecule is Cc1ccnc(C[C@H](C)N(C)C(=O)c2csc3nc(-c4ccccc4)cn23)c1. The first-order chi connectivity index (χ1) is 13.5. The zero-order valence-electron chi connectivity index (χ0n) is 16.2. The molecule has 3 aromatic heterocycles. The number of amides is 1. The number of rotatable bonds is 5. The zero-order chi connectivity index (χ0) is 19.7. The zero-order valence-corrected chi connectivity index (χ0v) is 17.0. The molecule has 5 nitrogen and oxygen atoms in total. The second-order valence-corrected chi connectivity index (χ2v) is 7.90. The molecule has 0 unspecified atom stereocenters. The summed E-state index contributed by atoms with van der Waals surface area (Å²) in [5.74, 6) is -0.0107. The van der Waals surface area contributed by atoms with Crippen LogP contribution in [0.15, 0.2) is 60.2 Å². The number of fused-ring (bicyclic) bond motifs is 1. The molecule has 28 heavy (non-hydrogen) atoms. The van der Waals surface area contributed by atoms with E-state index in [1.165, 1.54) is 16.9 Å². The minimum atomic E-state index is -0.0107. The van der Waals surface area contributed by atoms with Gasteiger partial charge in [0.2, 0.25) is 0 Å². The molecule has 0 fully saturated rings. The Morgan fingerprint density at radius 1 is 1.25 bits per heavy atom. The number of carbonyl (C=O) groups excluding carboxylic acids is 1. The lowest BCUT2D eigenvalue weighted by Gasteiger charge is -2.24. The lowest BCUT2D eigenvalue weighted by atomic mass is 10.1. The fourth-order valence-corrected chi connectivity index (χ4v) is 4.06. The Bertz CT molecular complexity index is 1120. The first-order valence-electron chi connectivity index (χ1n) is 9.23. The summed E-state index contributed by atoms with van der Waals surface area (Å²) in [6.45, 7) is 4.10. The molecule has 6 heteroatoms. The van der Waals surface area contributed by atoms with E-state index in [-0.39, 0.29) is 11.9 Å². The summed E-state index contributed by atoms with van der Waals surface area (Å²) in [4.78, 5) is 24.8. The fraction of sp³-hybridized carbons (Fsp3) is 0.227. The minimum Gasteiger partial charge on any atom is -0.337 e. The standard InChI is InChI=1S/C22H22N4OS/c1-15-9-10-23-18(11-15)12-16(2)25(3)21(27)20-14-28-22-24-19(13-26(20)22)17-7-5-4-6-8-17/h4-11,13-14,16H,12H2,1-3H3/t16-/m0/s1. The predicted molar refractivity (Wildman–Crippen MR) is 113 cm³/mol. The monoisotopic (exact) mass is 390 g/mol. The van der Waals surface area contributed by atoms with Gasteiger partial charge in [-0.15, -0.1) is 11.3 Å². The highest BCUT2D eigenvalue weighted by molar-refractivity contribution is 7.15. The van der Waals surface area contributed by atoms with Gasteiger partial charge in [0.25, 0.3) is 5.91 Å². The highest BCUT2D eigenvalue weighted by Crippen LogP contribution is 2.24. The van der Waals surface area contributed by atoms with Crippen LogP contribution < -0.4 is 0 Å². The Kier molecular flexibility index (Phi) is 4.96. The van der Waals surface area contributed by atoms with Crippen LogP contribution in [-0.2, 0) is 6.42 Å². The fourth-order valence-electron chi connectivity index (χ4n) is 3.22. The Balaban J connectivity index is 1.57.